The van der Waals surface area contributed by atoms with Gasteiger partial charge in [0.2, 0.25) is 0 Å². The van der Waals surface area contributed by atoms with Crippen LogP contribution < -0.4 is 16.2 Å². The Hall–Kier alpha value is -3.08. The molecule has 0 saturated carbocycles. The van der Waals surface area contributed by atoms with Crippen molar-refractivity contribution in [2.75, 3.05) is 57.6 Å². The van der Waals surface area contributed by atoms with Gasteiger partial charge in [0.15, 0.2) is 10.8 Å². The second kappa shape index (κ2) is 11.4. The molecule has 1 aromatic heterocycles. The Morgan fingerprint density at radius 2 is 2.02 bits per heavy atom. The second-order valence-electron chi connectivity index (χ2n) is 10.0. The monoisotopic (exact) mass is 608 g/mol. The van der Waals surface area contributed by atoms with Gasteiger partial charge in [0.1, 0.15) is 43.1 Å². The molecule has 214 valence electrons. The number of fused-ring (bicyclic) bond motifs is 1. The number of carboxylic acids is 1. The highest BCUT2D eigenvalue weighted by Crippen LogP contribution is 2.42. The van der Waals surface area contributed by atoms with Gasteiger partial charge in [0.05, 0.1) is 26.1 Å². The molecule has 2 fully saturated rings. The van der Waals surface area contributed by atoms with E-state index in [4.69, 9.17) is 15.3 Å². The fourth-order valence-corrected chi connectivity index (χ4v) is 7.83. The number of β-lactam (4-membered cyclic amide) rings is 1. The van der Waals surface area contributed by atoms with Gasteiger partial charge >= 0.3 is 5.97 Å². The highest BCUT2D eigenvalue weighted by molar-refractivity contribution is 8.05. The number of nitrogens with zero attached hydrogens (tertiary/aromatic N) is 4. The van der Waals surface area contributed by atoms with Crippen LogP contribution in [0.1, 0.15) is 18.5 Å². The number of hydrogen-bond donors (Lipinski definition) is 2. The number of thiazole rings is 1. The summed E-state index contributed by atoms with van der Waals surface area (Å²) in [6.07, 6.45) is 2.17. The van der Waals surface area contributed by atoms with Crippen LogP contribution in [0.2, 0.25) is 0 Å². The molecule has 13 nitrogen and oxygen atoms in total. The number of likely N-dealkylation sites (N-methyl/N-ethyl adjacent to an activating group) is 1. The number of nitrogen functional groups attached to an aromatic ring is 1. The number of carbonyl (C=O) groups excluding carboxylic acids is 4. The highest BCUT2D eigenvalue weighted by atomic mass is 32.2. The molecular weight excluding hydrogens is 581 g/mol. The number of anilines is 1. The number of nitrogens with two attached hydrogens (primary N) is 1. The Morgan fingerprint density at radius 3 is 2.62 bits per heavy atom. The quantitative estimate of drug-likeness (QED) is 0.113. The van der Waals surface area contributed by atoms with Crippen molar-refractivity contribution in [3.8, 4) is 0 Å². The average molecular weight is 609 g/mol. The van der Waals surface area contributed by atoms with Crippen LogP contribution in [0.15, 0.2) is 32.3 Å². The standard InChI is InChI=1S/C24H28N6O7S3/c1-30(5-3-4-6-30)7-12-9-39-21-16(27-19(31)15(28-36-2)14-11-40-24(25)26-14)20(32)29(21)17(12)23(35)37-8-13-10-38-18(13)22(33)34/h11,16,21H,3-10H2,1-2H3,(H3-,25,26,27,31,33,34)/b28-15-/t16-,21-/m1/s1. The molecule has 0 bridgehead atoms. The number of aromatic nitrogens is 1. The van der Waals surface area contributed by atoms with Crippen LogP contribution in [0.5, 0.6) is 0 Å². The van der Waals surface area contributed by atoms with Crippen molar-refractivity contribution >= 4 is 69.5 Å². The molecule has 4 aliphatic heterocycles. The van der Waals surface area contributed by atoms with Crippen LogP contribution in [-0.4, -0.2) is 107 Å². The van der Waals surface area contributed by atoms with Gasteiger partial charge in [-0.15, -0.1) is 34.9 Å². The predicted octanol–water partition coefficient (Wildman–Crippen LogP) is -0.736. The number of hydrogen-bond acceptors (Lipinski definition) is 13. The third-order valence-corrected chi connectivity index (χ3v) is 10.4. The summed E-state index contributed by atoms with van der Waals surface area (Å²) in [6.45, 7) is 2.33. The number of amides is 2. The van der Waals surface area contributed by atoms with E-state index in [2.05, 4.69) is 22.5 Å². The summed E-state index contributed by atoms with van der Waals surface area (Å²) >= 11 is 3.72. The van der Waals surface area contributed by atoms with Crippen molar-refractivity contribution in [3.63, 3.8) is 0 Å². The molecule has 0 unspecified atom stereocenters. The van der Waals surface area contributed by atoms with Gasteiger partial charge in [0, 0.05) is 40.2 Å². The smallest absolute Gasteiger partial charge is 0.355 e. The Labute approximate surface area is 242 Å². The van der Waals surface area contributed by atoms with E-state index < -0.39 is 35.2 Å². The number of ether oxygens (including phenoxy) is 1. The number of aliphatic carboxylic acids is 1. The van der Waals surface area contributed by atoms with Crippen molar-refractivity contribution < 1.29 is 38.3 Å². The van der Waals surface area contributed by atoms with E-state index in [1.165, 1.54) is 23.8 Å². The maximum Gasteiger partial charge on any atom is 0.355 e. The first-order valence-corrected chi connectivity index (χ1v) is 15.4. The van der Waals surface area contributed by atoms with Crippen molar-refractivity contribution in [2.24, 2.45) is 5.16 Å². The molecule has 2 amide bonds. The van der Waals surface area contributed by atoms with Gasteiger partial charge in [-0.2, -0.15) is 0 Å². The molecule has 5 rings (SSSR count). The van der Waals surface area contributed by atoms with Gasteiger partial charge < -0.3 is 35.0 Å². The van der Waals surface area contributed by atoms with E-state index >= 15 is 0 Å². The summed E-state index contributed by atoms with van der Waals surface area (Å²) in [5.74, 6) is -2.19. The lowest BCUT2D eigenvalue weighted by atomic mass is 10.0. The van der Waals surface area contributed by atoms with E-state index in [-0.39, 0.29) is 33.7 Å². The van der Waals surface area contributed by atoms with Crippen LogP contribution >= 0.6 is 34.9 Å². The molecule has 3 N–H and O–H groups in total. The highest BCUT2D eigenvalue weighted by Gasteiger charge is 2.55. The Bertz CT molecular complexity index is 1350. The summed E-state index contributed by atoms with van der Waals surface area (Å²) in [5.41, 5.74) is 7.23. The van der Waals surface area contributed by atoms with Crippen LogP contribution in [0, 0.1) is 0 Å². The zero-order valence-electron chi connectivity index (χ0n) is 21.8. The summed E-state index contributed by atoms with van der Waals surface area (Å²) in [5, 5.41) is 19.0. The number of esters is 1. The molecule has 2 saturated heterocycles. The first-order chi connectivity index (χ1) is 19.1. The Balaban J connectivity index is 1.36. The second-order valence-corrected chi connectivity index (χ2v) is 13.0. The lowest BCUT2D eigenvalue weighted by Gasteiger charge is -2.50. The molecular formula is C24H28N6O7S3. The number of oxime groups is 1. The molecule has 40 heavy (non-hydrogen) atoms. The lowest BCUT2D eigenvalue weighted by molar-refractivity contribution is -0.893. The van der Waals surface area contributed by atoms with Crippen molar-refractivity contribution in [1.29, 1.82) is 0 Å². The molecule has 1 aromatic rings. The molecule has 16 heteroatoms. The summed E-state index contributed by atoms with van der Waals surface area (Å²) < 4.78 is 6.28. The maximum atomic E-state index is 13.4. The zero-order valence-corrected chi connectivity index (χ0v) is 24.3. The third kappa shape index (κ3) is 5.44. The number of likely N-dealkylation sites (tertiary alicyclic amines) is 1. The van der Waals surface area contributed by atoms with Gasteiger partial charge in [-0.3, -0.25) is 14.5 Å². The third-order valence-electron chi connectivity index (χ3n) is 7.18. The average Bonchev–Trinajstić information content (AvgIpc) is 3.52. The van der Waals surface area contributed by atoms with Crippen molar-refractivity contribution in [1.82, 2.24) is 15.2 Å². The Kier molecular flexibility index (Phi) is 8.13. The van der Waals surface area contributed by atoms with Gasteiger partial charge in [-0.25, -0.2) is 9.78 Å². The van der Waals surface area contributed by atoms with Gasteiger partial charge in [-0.1, -0.05) is 5.16 Å². The minimum absolute atomic E-state index is 0.0763. The summed E-state index contributed by atoms with van der Waals surface area (Å²) in [6, 6.07) is -0.910. The number of nitrogens with one attached hydrogen (secondary N) is 1. The topological polar surface area (TPSA) is 176 Å². The zero-order chi connectivity index (χ0) is 28.6. The molecule has 0 aromatic carbocycles. The van der Waals surface area contributed by atoms with Gasteiger partial charge in [-0.05, 0) is 5.57 Å². The molecule has 0 spiro atoms. The molecule has 4 aliphatic rings. The minimum Gasteiger partial charge on any atom is -0.544 e. The summed E-state index contributed by atoms with van der Waals surface area (Å²) in [4.78, 5) is 61.5. The van der Waals surface area contributed by atoms with Crippen LogP contribution in [-0.2, 0) is 28.8 Å². The number of rotatable bonds is 10. The first kappa shape index (κ1) is 28.4. The van der Waals surface area contributed by atoms with E-state index in [1.807, 2.05) is 0 Å². The molecule has 2 atom stereocenters. The van der Waals surface area contributed by atoms with Crippen molar-refractivity contribution in [2.45, 2.75) is 24.3 Å². The largest absolute Gasteiger partial charge is 0.544 e. The van der Waals surface area contributed by atoms with E-state index in [0.29, 0.717) is 23.6 Å². The molecule has 0 radical (unpaired) electrons. The van der Waals surface area contributed by atoms with E-state index in [1.54, 1.807) is 5.38 Å². The predicted molar refractivity (Wildman–Crippen MR) is 148 cm³/mol. The molecule has 5 heterocycles. The summed E-state index contributed by atoms with van der Waals surface area (Å²) in [7, 11) is 3.42. The lowest BCUT2D eigenvalue weighted by Crippen LogP contribution is -2.71. The fraction of sp³-hybridized carbons (Fsp3) is 0.500. The fourth-order valence-electron chi connectivity index (χ4n) is 5.19. The van der Waals surface area contributed by atoms with E-state index in [0.717, 1.165) is 59.1 Å². The van der Waals surface area contributed by atoms with E-state index in [9.17, 15) is 24.3 Å². The number of carbonyl (C=O) groups is 4. The minimum atomic E-state index is -1.30. The Morgan fingerprint density at radius 1 is 1.27 bits per heavy atom. The molecule has 0 aliphatic carbocycles. The number of carboxylic acid groups (broad SMARTS) is 1. The normalized spacial score (nSPS) is 23.8. The first-order valence-electron chi connectivity index (χ1n) is 12.5. The number of thioether (sulfide) groups is 2. The SMILES string of the molecule is CO/N=C(\C(=O)N[C@@H]1C(=O)N2C(C(=O)OCC3=C(C(=O)[O-])SC3)=C(C[N+]3(C)CCCC3)CS[C@H]12)c1csc(N)n1. The number of quaternary nitrogens is 1. The van der Waals surface area contributed by atoms with Crippen molar-refractivity contribution in [3.05, 3.63) is 32.8 Å². The van der Waals surface area contributed by atoms with Crippen LogP contribution in [0.3, 0.4) is 0 Å². The van der Waals surface area contributed by atoms with Gasteiger partial charge in [0.25, 0.3) is 11.8 Å². The van der Waals surface area contributed by atoms with Crippen LogP contribution in [0.4, 0.5) is 5.13 Å². The van der Waals surface area contributed by atoms with Crippen LogP contribution in [0.25, 0.3) is 0 Å². The maximum absolute atomic E-state index is 13.4.